The van der Waals surface area contributed by atoms with Gasteiger partial charge in [-0.25, -0.2) is 4.79 Å². The average Bonchev–Trinajstić information content (AvgIpc) is 2.67. The van der Waals surface area contributed by atoms with Crippen molar-refractivity contribution in [3.8, 4) is 0 Å². The van der Waals surface area contributed by atoms with E-state index in [2.05, 4.69) is 10.6 Å². The van der Waals surface area contributed by atoms with Gasteiger partial charge in [-0.3, -0.25) is 4.79 Å². The van der Waals surface area contributed by atoms with Crippen LogP contribution >= 0.6 is 0 Å². The van der Waals surface area contributed by atoms with Crippen LogP contribution in [0.1, 0.15) is 22.8 Å². The number of hydrogen-bond donors (Lipinski definition) is 2. The van der Waals surface area contributed by atoms with E-state index in [1.807, 2.05) is 37.3 Å². The van der Waals surface area contributed by atoms with Crippen molar-refractivity contribution < 1.29 is 14.3 Å². The minimum atomic E-state index is -0.307. The van der Waals surface area contributed by atoms with Gasteiger partial charge in [0.2, 0.25) is 0 Å². The number of carbonyl (C=O) groups excluding carboxylic acids is 2. The average molecular weight is 353 g/mol. The van der Waals surface area contributed by atoms with Crippen LogP contribution in [-0.2, 0) is 11.3 Å². The van der Waals surface area contributed by atoms with E-state index in [4.69, 9.17) is 4.74 Å². The molecule has 1 unspecified atom stereocenters. The number of benzene rings is 2. The van der Waals surface area contributed by atoms with Crippen LogP contribution in [-0.4, -0.2) is 42.6 Å². The molecule has 1 heterocycles. The van der Waals surface area contributed by atoms with Crippen LogP contribution in [0.2, 0.25) is 0 Å². The quantitative estimate of drug-likeness (QED) is 0.888. The molecule has 1 aliphatic heterocycles. The number of anilines is 1. The summed E-state index contributed by atoms with van der Waals surface area (Å²) in [4.78, 5) is 26.6. The number of urea groups is 1. The molecule has 0 bridgehead atoms. The highest BCUT2D eigenvalue weighted by molar-refractivity contribution is 5.97. The summed E-state index contributed by atoms with van der Waals surface area (Å²) >= 11 is 0. The third-order valence-electron chi connectivity index (χ3n) is 4.29. The number of ether oxygens (including phenoxy) is 1. The van der Waals surface area contributed by atoms with Crippen LogP contribution in [0.3, 0.4) is 0 Å². The maximum absolute atomic E-state index is 12.7. The Morgan fingerprint density at radius 2 is 1.96 bits per heavy atom. The fourth-order valence-corrected chi connectivity index (χ4v) is 2.88. The predicted molar refractivity (Wildman–Crippen MR) is 100 cm³/mol. The third-order valence-corrected chi connectivity index (χ3v) is 4.29. The second-order valence-electron chi connectivity index (χ2n) is 6.30. The monoisotopic (exact) mass is 353 g/mol. The summed E-state index contributed by atoms with van der Waals surface area (Å²) in [5.41, 5.74) is 2.16. The topological polar surface area (TPSA) is 70.7 Å². The Morgan fingerprint density at radius 3 is 2.73 bits per heavy atom. The molecular formula is C20H23N3O3. The molecule has 2 N–H and O–H groups in total. The van der Waals surface area contributed by atoms with Gasteiger partial charge in [0.15, 0.2) is 0 Å². The molecule has 0 spiro atoms. The first-order chi connectivity index (χ1) is 12.6. The van der Waals surface area contributed by atoms with Crippen LogP contribution in [0.5, 0.6) is 0 Å². The third kappa shape index (κ3) is 4.61. The van der Waals surface area contributed by atoms with Crippen molar-refractivity contribution in [3.63, 3.8) is 0 Å². The summed E-state index contributed by atoms with van der Waals surface area (Å²) < 4.78 is 5.38. The van der Waals surface area contributed by atoms with E-state index >= 15 is 0 Å². The van der Waals surface area contributed by atoms with Gasteiger partial charge >= 0.3 is 6.03 Å². The maximum Gasteiger partial charge on any atom is 0.319 e. The molecule has 2 aromatic rings. The van der Waals surface area contributed by atoms with E-state index < -0.39 is 0 Å². The van der Waals surface area contributed by atoms with Crippen LogP contribution in [0.15, 0.2) is 54.6 Å². The summed E-state index contributed by atoms with van der Waals surface area (Å²) in [5, 5.41) is 5.58. The zero-order chi connectivity index (χ0) is 18.4. The van der Waals surface area contributed by atoms with Gasteiger partial charge in [0.1, 0.15) is 0 Å². The molecule has 6 nitrogen and oxygen atoms in total. The van der Waals surface area contributed by atoms with Gasteiger partial charge in [-0.05, 0) is 30.7 Å². The Bertz CT molecular complexity index is 764. The van der Waals surface area contributed by atoms with Crippen LogP contribution in [0, 0.1) is 0 Å². The zero-order valence-electron chi connectivity index (χ0n) is 14.8. The number of nitrogens with one attached hydrogen (secondary N) is 2. The normalized spacial score (nSPS) is 16.8. The highest BCUT2D eigenvalue weighted by Crippen LogP contribution is 2.16. The Kier molecular flexibility index (Phi) is 5.86. The van der Waals surface area contributed by atoms with Gasteiger partial charge in [0.05, 0.1) is 19.3 Å². The van der Waals surface area contributed by atoms with E-state index in [-0.39, 0.29) is 18.0 Å². The van der Waals surface area contributed by atoms with Gasteiger partial charge in [-0.2, -0.15) is 0 Å². The number of carbonyl (C=O) groups is 2. The molecule has 1 fully saturated rings. The fourth-order valence-electron chi connectivity index (χ4n) is 2.88. The lowest BCUT2D eigenvalue weighted by molar-refractivity contribution is 0.00360. The number of hydrogen-bond acceptors (Lipinski definition) is 3. The highest BCUT2D eigenvalue weighted by atomic mass is 16.5. The molecular weight excluding hydrogens is 330 g/mol. The molecule has 3 rings (SSSR count). The molecule has 6 heteroatoms. The molecule has 0 radical (unpaired) electrons. The largest absolute Gasteiger partial charge is 0.377 e. The highest BCUT2D eigenvalue weighted by Gasteiger charge is 2.24. The summed E-state index contributed by atoms with van der Waals surface area (Å²) in [6, 6.07) is 16.4. The Hall–Kier alpha value is -2.86. The minimum absolute atomic E-state index is 0.0436. The van der Waals surface area contributed by atoms with E-state index in [9.17, 15) is 9.59 Å². The molecule has 0 aliphatic carbocycles. The van der Waals surface area contributed by atoms with E-state index in [1.165, 1.54) is 0 Å². The van der Waals surface area contributed by atoms with Crippen molar-refractivity contribution in [1.29, 1.82) is 0 Å². The summed E-state index contributed by atoms with van der Waals surface area (Å²) in [7, 11) is 0. The molecule has 1 atom stereocenters. The van der Waals surface area contributed by atoms with Gasteiger partial charge in [0.25, 0.3) is 5.91 Å². The van der Waals surface area contributed by atoms with Crippen LogP contribution < -0.4 is 10.6 Å². The SMILES string of the molecule is CC1COCCN1C(=O)c1cccc(NC(=O)NCc2ccccc2)c1. The lowest BCUT2D eigenvalue weighted by Gasteiger charge is -2.33. The maximum atomic E-state index is 12.7. The summed E-state index contributed by atoms with van der Waals surface area (Å²) in [6.45, 7) is 4.09. The van der Waals surface area contributed by atoms with Crippen LogP contribution in [0.25, 0.3) is 0 Å². The second kappa shape index (κ2) is 8.49. The molecule has 1 aliphatic rings. The van der Waals surface area contributed by atoms with Gasteiger partial charge in [-0.15, -0.1) is 0 Å². The lowest BCUT2D eigenvalue weighted by Crippen LogP contribution is -2.47. The standard InChI is InChI=1S/C20H23N3O3/c1-15-14-26-11-10-23(15)19(24)17-8-5-9-18(12-17)22-20(25)21-13-16-6-3-2-4-7-16/h2-9,12,15H,10-11,13-14H2,1H3,(H2,21,22,25). The predicted octanol–water partition coefficient (Wildman–Crippen LogP) is 2.87. The van der Waals surface area contributed by atoms with Gasteiger partial charge in [-0.1, -0.05) is 36.4 Å². The van der Waals surface area contributed by atoms with E-state index in [0.29, 0.717) is 37.6 Å². The van der Waals surface area contributed by atoms with Crippen molar-refractivity contribution in [2.45, 2.75) is 19.5 Å². The van der Waals surface area contributed by atoms with Gasteiger partial charge < -0.3 is 20.3 Å². The lowest BCUT2D eigenvalue weighted by atomic mass is 10.1. The zero-order valence-corrected chi connectivity index (χ0v) is 14.8. The van der Waals surface area contributed by atoms with Gasteiger partial charge in [0, 0.05) is 24.3 Å². The molecule has 136 valence electrons. The molecule has 26 heavy (non-hydrogen) atoms. The Balaban J connectivity index is 1.60. The minimum Gasteiger partial charge on any atom is -0.377 e. The van der Waals surface area contributed by atoms with Crippen molar-refractivity contribution in [3.05, 3.63) is 65.7 Å². The van der Waals surface area contributed by atoms with E-state index in [0.717, 1.165) is 5.56 Å². The number of morpholine rings is 1. The number of amides is 3. The first-order valence-corrected chi connectivity index (χ1v) is 8.71. The second-order valence-corrected chi connectivity index (χ2v) is 6.30. The van der Waals surface area contributed by atoms with E-state index in [1.54, 1.807) is 29.2 Å². The molecule has 0 saturated carbocycles. The fraction of sp³-hybridized carbons (Fsp3) is 0.300. The van der Waals surface area contributed by atoms with Crippen LogP contribution in [0.4, 0.5) is 10.5 Å². The van der Waals surface area contributed by atoms with Crippen molar-refractivity contribution >= 4 is 17.6 Å². The number of nitrogens with zero attached hydrogens (tertiary/aromatic N) is 1. The van der Waals surface area contributed by atoms with Crippen molar-refractivity contribution in [2.24, 2.45) is 0 Å². The summed E-state index contributed by atoms with van der Waals surface area (Å²) in [6.07, 6.45) is 0. The molecule has 0 aromatic heterocycles. The smallest absolute Gasteiger partial charge is 0.319 e. The Morgan fingerprint density at radius 1 is 1.15 bits per heavy atom. The summed E-state index contributed by atoms with van der Waals surface area (Å²) in [5.74, 6) is -0.0471. The van der Waals surface area contributed by atoms with Crippen molar-refractivity contribution in [2.75, 3.05) is 25.1 Å². The first kappa shape index (κ1) is 17.9. The molecule has 3 amide bonds. The molecule has 2 aromatic carbocycles. The molecule has 1 saturated heterocycles. The Labute approximate surface area is 153 Å². The first-order valence-electron chi connectivity index (χ1n) is 8.71. The van der Waals surface area contributed by atoms with Crippen molar-refractivity contribution in [1.82, 2.24) is 10.2 Å². The number of rotatable bonds is 4.